The third-order valence-electron chi connectivity index (χ3n) is 2.94. The van der Waals surface area contributed by atoms with Crippen LogP contribution in [0.2, 0.25) is 91.7 Å². The van der Waals surface area contributed by atoms with Gasteiger partial charge in [0.05, 0.1) is 0 Å². The third-order valence-corrected chi connectivity index (χ3v) is 27.9. The molecule has 0 spiro atoms. The van der Waals surface area contributed by atoms with E-state index in [4.69, 9.17) is 46.8 Å². The van der Waals surface area contributed by atoms with Gasteiger partial charge >= 0.3 is 42.8 Å². The highest BCUT2D eigenvalue weighted by molar-refractivity contribution is 7.18. The maximum atomic E-state index is 6.50. The molecule has 0 aromatic rings. The Morgan fingerprint density at radius 1 is 0.310 bits per heavy atom. The molecular formula is C14H42Cl2O6Si7. The minimum Gasteiger partial charge on any atom is -0.425 e. The van der Waals surface area contributed by atoms with E-state index in [1.165, 1.54) is 0 Å². The first kappa shape index (κ1) is 30.9. The second kappa shape index (κ2) is 10.0. The molecule has 0 saturated heterocycles. The van der Waals surface area contributed by atoms with Gasteiger partial charge in [0.15, 0.2) is 0 Å². The molecule has 15 heteroatoms. The second-order valence-electron chi connectivity index (χ2n) is 10.3. The molecule has 0 bridgehead atoms. The molecule has 0 aromatic carbocycles. The van der Waals surface area contributed by atoms with Crippen molar-refractivity contribution >= 4 is 80.2 Å². The molecule has 176 valence electrons. The molecule has 29 heavy (non-hydrogen) atoms. The molecule has 0 aliphatic heterocycles. The van der Waals surface area contributed by atoms with Crippen LogP contribution in [0.15, 0.2) is 0 Å². The van der Waals surface area contributed by atoms with Crippen molar-refractivity contribution in [2.45, 2.75) is 91.7 Å². The van der Waals surface area contributed by atoms with Crippen molar-refractivity contribution in [1.82, 2.24) is 0 Å². The highest BCUT2D eigenvalue weighted by Gasteiger charge is 2.48. The molecule has 0 aliphatic rings. The molecule has 0 aliphatic carbocycles. The van der Waals surface area contributed by atoms with Crippen LogP contribution in [0, 0.1) is 0 Å². The van der Waals surface area contributed by atoms with Gasteiger partial charge in [-0.1, -0.05) is 0 Å². The molecule has 0 aromatic heterocycles. The average molecular weight is 574 g/mol. The van der Waals surface area contributed by atoms with Gasteiger partial charge in [-0.15, -0.1) is 22.2 Å². The number of rotatable bonds is 12. The smallest absolute Gasteiger partial charge is 0.314 e. The summed E-state index contributed by atoms with van der Waals surface area (Å²) < 4.78 is 38.0. The Morgan fingerprint density at radius 2 is 0.448 bits per heavy atom. The zero-order chi connectivity index (χ0) is 23.7. The molecule has 0 N–H and O–H groups in total. The molecule has 0 radical (unpaired) electrons. The number of halogens is 2. The zero-order valence-electron chi connectivity index (χ0n) is 20.7. The summed E-state index contributed by atoms with van der Waals surface area (Å²) in [5, 5.41) is 0. The van der Waals surface area contributed by atoms with Crippen LogP contribution >= 0.6 is 22.2 Å². The molecule has 0 unspecified atom stereocenters. The van der Waals surface area contributed by atoms with Crippen LogP contribution in [-0.4, -0.2) is 58.1 Å². The molecule has 0 rings (SSSR count). The van der Waals surface area contributed by atoms with E-state index < -0.39 is 58.1 Å². The van der Waals surface area contributed by atoms with Crippen LogP contribution in [-0.2, 0) is 24.7 Å². The van der Waals surface area contributed by atoms with Crippen molar-refractivity contribution in [3.63, 3.8) is 0 Å². The highest BCUT2D eigenvalue weighted by Crippen LogP contribution is 2.29. The van der Waals surface area contributed by atoms with E-state index in [1.807, 2.05) is 91.7 Å². The highest BCUT2D eigenvalue weighted by atomic mass is 35.6. The summed E-state index contributed by atoms with van der Waals surface area (Å²) in [6, 6.07) is 0. The minimum absolute atomic E-state index is 1.95. The van der Waals surface area contributed by atoms with E-state index in [0.29, 0.717) is 0 Å². The Morgan fingerprint density at radius 3 is 0.586 bits per heavy atom. The van der Waals surface area contributed by atoms with Gasteiger partial charge < -0.3 is 24.7 Å². The predicted molar refractivity (Wildman–Crippen MR) is 141 cm³/mol. The molecular weight excluding hydrogens is 532 g/mol. The molecule has 0 fully saturated rings. The standard InChI is InChI=1S/C14H42Cl2O6Si7/c1-23(2,15)17-25(5,6)19-27(9,10)21-29(13,14)22-28(11,12)20-26(7,8)18-24(3,4)16/h1-14H3. The Bertz CT molecular complexity index is 502. The van der Waals surface area contributed by atoms with Crippen LogP contribution in [0.1, 0.15) is 0 Å². The van der Waals surface area contributed by atoms with E-state index in [1.54, 1.807) is 0 Å². The maximum absolute atomic E-state index is 6.50. The van der Waals surface area contributed by atoms with Crippen molar-refractivity contribution < 1.29 is 24.7 Å². The van der Waals surface area contributed by atoms with Gasteiger partial charge in [-0.3, -0.25) is 0 Å². The topological polar surface area (TPSA) is 55.4 Å². The summed E-state index contributed by atoms with van der Waals surface area (Å²) in [5.74, 6) is 0. The Balaban J connectivity index is 5.15. The van der Waals surface area contributed by atoms with E-state index in [9.17, 15) is 0 Å². The normalized spacial score (nSPS) is 15.7. The van der Waals surface area contributed by atoms with E-state index >= 15 is 0 Å². The first-order valence-corrected chi connectivity index (χ1v) is 31.8. The molecule has 0 heterocycles. The Kier molecular flexibility index (Phi) is 10.6. The number of hydrogen-bond donors (Lipinski definition) is 0. The second-order valence-corrected chi connectivity index (χ2v) is 40.2. The molecule has 6 nitrogen and oxygen atoms in total. The molecule has 0 amide bonds. The quantitative estimate of drug-likeness (QED) is 0.197. The summed E-state index contributed by atoms with van der Waals surface area (Å²) in [5.41, 5.74) is 0. The van der Waals surface area contributed by atoms with Gasteiger partial charge in [-0.05, 0) is 91.7 Å². The lowest BCUT2D eigenvalue weighted by Crippen LogP contribution is -2.60. The van der Waals surface area contributed by atoms with Crippen molar-refractivity contribution in [2.75, 3.05) is 0 Å². The lowest BCUT2D eigenvalue weighted by atomic mass is 11.9. The largest absolute Gasteiger partial charge is 0.425 e. The fourth-order valence-electron chi connectivity index (χ4n) is 3.64. The first-order valence-electron chi connectivity index (χ1n) is 9.83. The van der Waals surface area contributed by atoms with Crippen LogP contribution in [0.5, 0.6) is 0 Å². The minimum atomic E-state index is -2.53. The summed E-state index contributed by atoms with van der Waals surface area (Å²) in [6.45, 7) is 28.1. The molecule has 0 saturated carbocycles. The third kappa shape index (κ3) is 16.2. The van der Waals surface area contributed by atoms with Gasteiger partial charge in [-0.2, -0.15) is 0 Å². The van der Waals surface area contributed by atoms with Gasteiger partial charge in [0.2, 0.25) is 0 Å². The lowest BCUT2D eigenvalue weighted by molar-refractivity contribution is 0.273. The van der Waals surface area contributed by atoms with Gasteiger partial charge in [0.25, 0.3) is 15.3 Å². The van der Waals surface area contributed by atoms with E-state index in [-0.39, 0.29) is 0 Å². The number of hydrogen-bond acceptors (Lipinski definition) is 6. The fourth-order valence-corrected chi connectivity index (χ4v) is 38.0. The van der Waals surface area contributed by atoms with Crippen LogP contribution in [0.25, 0.3) is 0 Å². The monoisotopic (exact) mass is 572 g/mol. The summed E-state index contributed by atoms with van der Waals surface area (Å²) >= 11 is 12.8. The van der Waals surface area contributed by atoms with E-state index in [2.05, 4.69) is 0 Å². The Labute approximate surface area is 195 Å². The summed E-state index contributed by atoms with van der Waals surface area (Å²) in [7, 11) is -16.8. The van der Waals surface area contributed by atoms with E-state index in [0.717, 1.165) is 0 Å². The van der Waals surface area contributed by atoms with Crippen molar-refractivity contribution in [3.05, 3.63) is 0 Å². The zero-order valence-corrected chi connectivity index (χ0v) is 29.2. The summed E-state index contributed by atoms with van der Waals surface area (Å²) in [6.07, 6.45) is 0. The van der Waals surface area contributed by atoms with Gasteiger partial charge in [0.1, 0.15) is 0 Å². The van der Waals surface area contributed by atoms with Crippen LogP contribution < -0.4 is 0 Å². The lowest BCUT2D eigenvalue weighted by Gasteiger charge is -2.43. The average Bonchev–Trinajstić information content (AvgIpc) is 2.10. The first-order chi connectivity index (χ1) is 12.2. The van der Waals surface area contributed by atoms with Crippen molar-refractivity contribution in [3.8, 4) is 0 Å². The molecule has 0 atom stereocenters. The van der Waals surface area contributed by atoms with Crippen LogP contribution in [0.3, 0.4) is 0 Å². The maximum Gasteiger partial charge on any atom is 0.314 e. The van der Waals surface area contributed by atoms with Crippen LogP contribution in [0.4, 0.5) is 0 Å². The SMILES string of the molecule is C[Si](C)(Cl)O[Si](C)(C)O[Si](C)(C)O[Si](C)(C)O[Si](C)(C)O[Si](C)(C)O[Si](C)(C)Cl. The van der Waals surface area contributed by atoms with Gasteiger partial charge in [0, 0.05) is 0 Å². The Hall–Kier alpha value is 1.86. The summed E-state index contributed by atoms with van der Waals surface area (Å²) in [4.78, 5) is 0. The van der Waals surface area contributed by atoms with Gasteiger partial charge in [-0.25, -0.2) is 0 Å². The fraction of sp³-hybridized carbons (Fsp3) is 1.00. The van der Waals surface area contributed by atoms with Crippen molar-refractivity contribution in [2.24, 2.45) is 0 Å². The van der Waals surface area contributed by atoms with Crippen molar-refractivity contribution in [1.29, 1.82) is 0 Å². The predicted octanol–water partition coefficient (Wildman–Crippen LogP) is 6.48.